The third-order valence-corrected chi connectivity index (χ3v) is 4.71. The van der Waals surface area contributed by atoms with Crippen LogP contribution in [-0.4, -0.2) is 9.71 Å². The second kappa shape index (κ2) is 5.10. The van der Waals surface area contributed by atoms with E-state index in [-0.39, 0.29) is 11.2 Å². The molecule has 1 aromatic rings. The van der Waals surface area contributed by atoms with Gasteiger partial charge in [-0.2, -0.15) is 0 Å². The van der Waals surface area contributed by atoms with Crippen molar-refractivity contribution < 1.29 is 4.79 Å². The van der Waals surface area contributed by atoms with Gasteiger partial charge in [-0.25, -0.2) is 0 Å². The van der Waals surface area contributed by atoms with Gasteiger partial charge in [0, 0.05) is 15.9 Å². The summed E-state index contributed by atoms with van der Waals surface area (Å²) in [5.41, 5.74) is 1.01. The van der Waals surface area contributed by atoms with Crippen LogP contribution < -0.4 is 0 Å². The number of hydrogen-bond donors (Lipinski definition) is 0. The Labute approximate surface area is 105 Å². The lowest BCUT2D eigenvalue weighted by Gasteiger charge is -2.24. The lowest BCUT2D eigenvalue weighted by molar-refractivity contribution is 0.0972. The summed E-state index contributed by atoms with van der Waals surface area (Å²) in [6, 6.07) is 9.52. The number of hydrogen-bond acceptors (Lipinski definition) is 1. The fourth-order valence-corrected chi connectivity index (χ4v) is 1.61. The van der Waals surface area contributed by atoms with Gasteiger partial charge in [-0.15, -0.1) is 0 Å². The maximum absolute atomic E-state index is 11.9. The van der Waals surface area contributed by atoms with Crippen LogP contribution in [0, 0.1) is 5.41 Å². The molecule has 0 saturated heterocycles. The van der Waals surface area contributed by atoms with Crippen LogP contribution in [0.1, 0.15) is 37.6 Å². The van der Waals surface area contributed by atoms with Crippen LogP contribution in [0.2, 0.25) is 0 Å². The van der Waals surface area contributed by atoms with Crippen molar-refractivity contribution in [1.82, 2.24) is 0 Å². The number of ketones is 1. The van der Waals surface area contributed by atoms with E-state index in [0.717, 1.165) is 5.56 Å². The number of carbonyl (C=O) groups excluding carboxylic acids is 1. The largest absolute Gasteiger partial charge is 0.294 e. The van der Waals surface area contributed by atoms with Gasteiger partial charge in [0.05, 0.1) is 0 Å². The Morgan fingerprint density at radius 1 is 1.27 bits per heavy atom. The highest BCUT2D eigenvalue weighted by atomic mass is 127. The van der Waals surface area contributed by atoms with Crippen LogP contribution in [0.15, 0.2) is 30.3 Å². The van der Waals surface area contributed by atoms with Gasteiger partial charge in [0.2, 0.25) is 0 Å². The van der Waals surface area contributed by atoms with Crippen molar-refractivity contribution >= 4 is 28.4 Å². The predicted octanol–water partition coefficient (Wildman–Crippen LogP) is 4.11. The predicted molar refractivity (Wildman–Crippen MR) is 72.7 cm³/mol. The highest BCUT2D eigenvalue weighted by molar-refractivity contribution is 14.1. The summed E-state index contributed by atoms with van der Waals surface area (Å²) in [6.07, 6.45) is 0.619. The average molecular weight is 316 g/mol. The molecule has 0 N–H and O–H groups in total. The zero-order valence-corrected chi connectivity index (χ0v) is 11.6. The Balaban J connectivity index is 2.65. The van der Waals surface area contributed by atoms with Gasteiger partial charge in [-0.3, -0.25) is 4.79 Å². The van der Waals surface area contributed by atoms with Gasteiger partial charge >= 0.3 is 0 Å². The van der Waals surface area contributed by atoms with Crippen LogP contribution in [-0.2, 0) is 0 Å². The molecular formula is C13H17IO. The molecule has 0 aromatic heterocycles. The van der Waals surface area contributed by atoms with E-state index in [0.29, 0.717) is 10.3 Å². The summed E-state index contributed by atoms with van der Waals surface area (Å²) < 4.78 is 0.378. The summed E-state index contributed by atoms with van der Waals surface area (Å²) in [5.74, 6) is 0.241. The van der Waals surface area contributed by atoms with E-state index >= 15 is 0 Å². The first kappa shape index (κ1) is 12.7. The minimum atomic E-state index is 0.186. The van der Waals surface area contributed by atoms with Crippen molar-refractivity contribution in [3.05, 3.63) is 35.9 Å². The maximum Gasteiger partial charge on any atom is 0.163 e. The molecule has 0 aliphatic heterocycles. The van der Waals surface area contributed by atoms with Crippen molar-refractivity contribution in [2.75, 3.05) is 0 Å². The number of Topliss-reactive ketones (excluding diaryl/α,β-unsaturated/α-hetero) is 1. The van der Waals surface area contributed by atoms with Crippen LogP contribution in [0.4, 0.5) is 0 Å². The quantitative estimate of drug-likeness (QED) is 0.466. The summed E-state index contributed by atoms with van der Waals surface area (Å²) in [5, 5.41) is 0. The fourth-order valence-electron chi connectivity index (χ4n) is 1.21. The molecule has 2 heteroatoms. The standard InChI is InChI=1S/C13H17IO/c1-13(2,3)12(14)9-11(15)10-7-5-4-6-8-10/h4-8,12H,9H2,1-3H3. The van der Waals surface area contributed by atoms with Crippen LogP contribution in [0.3, 0.4) is 0 Å². The van der Waals surface area contributed by atoms with Gasteiger partial charge in [0.25, 0.3) is 0 Å². The molecule has 0 spiro atoms. The zero-order chi connectivity index (χ0) is 11.5. The molecule has 0 fully saturated rings. The fraction of sp³-hybridized carbons (Fsp3) is 0.462. The van der Waals surface area contributed by atoms with Crippen molar-refractivity contribution in [2.24, 2.45) is 5.41 Å². The van der Waals surface area contributed by atoms with Crippen LogP contribution in [0.5, 0.6) is 0 Å². The van der Waals surface area contributed by atoms with E-state index in [1.54, 1.807) is 0 Å². The van der Waals surface area contributed by atoms with E-state index in [1.165, 1.54) is 0 Å². The van der Waals surface area contributed by atoms with E-state index in [9.17, 15) is 4.79 Å². The molecule has 0 bridgehead atoms. The van der Waals surface area contributed by atoms with Gasteiger partial charge in [-0.05, 0) is 5.41 Å². The molecule has 0 aliphatic carbocycles. The second-order valence-corrected chi connectivity index (χ2v) is 6.33. The smallest absolute Gasteiger partial charge is 0.163 e. The van der Waals surface area contributed by atoms with Gasteiger partial charge < -0.3 is 0 Å². The van der Waals surface area contributed by atoms with Crippen molar-refractivity contribution in [2.45, 2.75) is 31.1 Å². The number of halogens is 1. The molecule has 0 radical (unpaired) electrons. The number of carbonyl (C=O) groups is 1. The lowest BCUT2D eigenvalue weighted by Crippen LogP contribution is -2.23. The highest BCUT2D eigenvalue weighted by Crippen LogP contribution is 2.30. The average Bonchev–Trinajstić information content (AvgIpc) is 2.17. The number of rotatable bonds is 3. The SMILES string of the molecule is CC(C)(C)C(I)CC(=O)c1ccccc1. The topological polar surface area (TPSA) is 17.1 Å². The summed E-state index contributed by atoms with van der Waals surface area (Å²) in [6.45, 7) is 6.51. The van der Waals surface area contributed by atoms with Crippen LogP contribution in [0.25, 0.3) is 0 Å². The number of alkyl halides is 1. The van der Waals surface area contributed by atoms with E-state index in [2.05, 4.69) is 43.4 Å². The molecule has 0 saturated carbocycles. The third-order valence-electron chi connectivity index (χ3n) is 2.40. The zero-order valence-electron chi connectivity index (χ0n) is 9.46. The molecule has 1 nitrogen and oxygen atoms in total. The van der Waals surface area contributed by atoms with E-state index < -0.39 is 0 Å². The molecule has 0 heterocycles. The van der Waals surface area contributed by atoms with Crippen molar-refractivity contribution in [3.63, 3.8) is 0 Å². The Hall–Kier alpha value is -0.380. The first-order chi connectivity index (χ1) is 6.91. The molecule has 15 heavy (non-hydrogen) atoms. The molecule has 0 amide bonds. The van der Waals surface area contributed by atoms with Crippen molar-refractivity contribution in [3.8, 4) is 0 Å². The minimum Gasteiger partial charge on any atom is -0.294 e. The lowest BCUT2D eigenvalue weighted by atomic mass is 9.88. The Bertz CT molecular complexity index is 324. The third kappa shape index (κ3) is 3.93. The van der Waals surface area contributed by atoms with E-state index in [4.69, 9.17) is 0 Å². The van der Waals surface area contributed by atoms with Crippen molar-refractivity contribution in [1.29, 1.82) is 0 Å². The first-order valence-corrected chi connectivity index (χ1v) is 6.38. The molecule has 1 atom stereocenters. The van der Waals surface area contributed by atoms with Gasteiger partial charge in [0.1, 0.15) is 0 Å². The molecule has 82 valence electrons. The molecule has 1 aromatic carbocycles. The highest BCUT2D eigenvalue weighted by Gasteiger charge is 2.24. The summed E-state index contributed by atoms with van der Waals surface area (Å²) in [7, 11) is 0. The maximum atomic E-state index is 11.9. The molecule has 1 unspecified atom stereocenters. The summed E-state index contributed by atoms with van der Waals surface area (Å²) in [4.78, 5) is 11.9. The minimum absolute atomic E-state index is 0.186. The first-order valence-electron chi connectivity index (χ1n) is 5.13. The monoisotopic (exact) mass is 316 g/mol. The number of benzene rings is 1. The Morgan fingerprint density at radius 3 is 2.27 bits per heavy atom. The van der Waals surface area contributed by atoms with Gasteiger partial charge in [-0.1, -0.05) is 73.7 Å². The normalized spacial score (nSPS) is 13.6. The van der Waals surface area contributed by atoms with Gasteiger partial charge in [0.15, 0.2) is 5.78 Å². The van der Waals surface area contributed by atoms with E-state index in [1.807, 2.05) is 30.3 Å². The summed E-state index contributed by atoms with van der Waals surface area (Å²) >= 11 is 2.37. The molecular weight excluding hydrogens is 299 g/mol. The Kier molecular flexibility index (Phi) is 4.32. The van der Waals surface area contributed by atoms with Crippen LogP contribution >= 0.6 is 22.6 Å². The molecule has 1 rings (SSSR count). The Morgan fingerprint density at radius 2 is 1.80 bits per heavy atom. The second-order valence-electron chi connectivity index (χ2n) is 4.83. The molecule has 0 aliphatic rings.